The Kier molecular flexibility index (Phi) is 7.78. The van der Waals surface area contributed by atoms with Crippen molar-refractivity contribution >= 4 is 30.8 Å². The molecule has 0 radical (unpaired) electrons. The molecular formula is C25H32N4O4Si. The van der Waals surface area contributed by atoms with Crippen molar-refractivity contribution in [1.82, 2.24) is 15.1 Å². The van der Waals surface area contributed by atoms with Crippen LogP contribution in [0.15, 0.2) is 54.7 Å². The third-order valence-corrected chi connectivity index (χ3v) is 7.64. The van der Waals surface area contributed by atoms with Crippen molar-refractivity contribution in [3.63, 3.8) is 0 Å². The van der Waals surface area contributed by atoms with E-state index < -0.39 is 20.0 Å². The number of rotatable bonds is 9. The van der Waals surface area contributed by atoms with Gasteiger partial charge in [-0.25, -0.2) is 4.68 Å². The fourth-order valence-electron chi connectivity index (χ4n) is 3.52. The minimum Gasteiger partial charge on any atom is -0.497 e. The Bertz CT molecular complexity index is 1140. The molecule has 1 heterocycles. The number of aryl methyl sites for hydroxylation is 1. The summed E-state index contributed by atoms with van der Waals surface area (Å²) in [5.74, 6) is -0.178. The minimum absolute atomic E-state index is 0.0504. The Balaban J connectivity index is 1.80. The number of hydrogen-bond donors (Lipinski definition) is 3. The molecule has 0 aliphatic heterocycles. The standard InChI is InChI=1S/C25H32N4O4Si/c1-6-29-25(32)18(16-26-29)15-22(30)28-23(17-7-11-20(33-2)12-8-17)24(31)27-19-9-13-21(14-10-19)34(3,4)5/h7-14,16,23,32H,6,15H2,1-5H3,(H,27,31)(H,28,30). The number of ether oxygens (including phenoxy) is 1. The molecule has 3 rings (SSSR count). The monoisotopic (exact) mass is 480 g/mol. The van der Waals surface area contributed by atoms with Gasteiger partial charge in [0.25, 0.3) is 5.91 Å². The molecule has 2 aromatic carbocycles. The average molecular weight is 481 g/mol. The summed E-state index contributed by atoms with van der Waals surface area (Å²) in [7, 11) is 0.110. The van der Waals surface area contributed by atoms with E-state index in [1.807, 2.05) is 31.2 Å². The molecule has 2 amide bonds. The SMILES string of the molecule is CCn1ncc(CC(=O)NC(C(=O)Nc2ccc([Si](C)(C)C)cc2)c2ccc(OC)cc2)c1O. The Morgan fingerprint density at radius 2 is 1.74 bits per heavy atom. The van der Waals surface area contributed by atoms with Crippen molar-refractivity contribution in [1.29, 1.82) is 0 Å². The number of carbonyl (C=O) groups is 2. The van der Waals surface area contributed by atoms with Gasteiger partial charge in [0.15, 0.2) is 0 Å². The number of aromatic nitrogens is 2. The van der Waals surface area contributed by atoms with E-state index in [1.165, 1.54) is 16.1 Å². The van der Waals surface area contributed by atoms with Crippen LogP contribution in [0.5, 0.6) is 11.6 Å². The second-order valence-electron chi connectivity index (χ2n) is 9.08. The summed E-state index contributed by atoms with van der Waals surface area (Å²) in [5, 5.41) is 21.2. The highest BCUT2D eigenvalue weighted by molar-refractivity contribution is 6.88. The number of hydrogen-bond acceptors (Lipinski definition) is 5. The lowest BCUT2D eigenvalue weighted by molar-refractivity contribution is -0.126. The van der Waals surface area contributed by atoms with E-state index in [2.05, 4.69) is 35.4 Å². The first-order chi connectivity index (χ1) is 16.1. The zero-order valence-electron chi connectivity index (χ0n) is 20.3. The van der Waals surface area contributed by atoms with E-state index in [1.54, 1.807) is 31.4 Å². The molecule has 0 bridgehead atoms. The van der Waals surface area contributed by atoms with Crippen LogP contribution >= 0.6 is 0 Å². The van der Waals surface area contributed by atoms with Crippen LogP contribution in [0.4, 0.5) is 5.69 Å². The van der Waals surface area contributed by atoms with Gasteiger partial charge in [0, 0.05) is 17.8 Å². The Morgan fingerprint density at radius 3 is 2.26 bits per heavy atom. The molecule has 180 valence electrons. The largest absolute Gasteiger partial charge is 0.497 e. The molecule has 0 spiro atoms. The van der Waals surface area contributed by atoms with Crippen molar-refractivity contribution in [3.05, 3.63) is 65.9 Å². The number of methoxy groups -OCH3 is 1. The lowest BCUT2D eigenvalue weighted by Gasteiger charge is -2.20. The highest BCUT2D eigenvalue weighted by atomic mass is 28.3. The molecule has 1 aromatic heterocycles. The van der Waals surface area contributed by atoms with Gasteiger partial charge in [0.05, 0.1) is 27.8 Å². The smallest absolute Gasteiger partial charge is 0.251 e. The van der Waals surface area contributed by atoms with Crippen LogP contribution in [-0.2, 0) is 22.6 Å². The summed E-state index contributed by atoms with van der Waals surface area (Å²) in [6, 6.07) is 13.9. The lowest BCUT2D eigenvalue weighted by Crippen LogP contribution is -2.38. The topological polar surface area (TPSA) is 105 Å². The van der Waals surface area contributed by atoms with Gasteiger partial charge < -0.3 is 20.5 Å². The maximum Gasteiger partial charge on any atom is 0.251 e. The summed E-state index contributed by atoms with van der Waals surface area (Å²) in [6.45, 7) is 9.12. The first-order valence-corrected chi connectivity index (χ1v) is 14.7. The molecule has 0 saturated heterocycles. The van der Waals surface area contributed by atoms with Crippen LogP contribution in [0.3, 0.4) is 0 Å². The second kappa shape index (κ2) is 10.6. The summed E-state index contributed by atoms with van der Waals surface area (Å²) in [5.41, 5.74) is 1.66. The molecule has 34 heavy (non-hydrogen) atoms. The van der Waals surface area contributed by atoms with E-state index in [0.29, 0.717) is 29.1 Å². The van der Waals surface area contributed by atoms with Gasteiger partial charge in [-0.05, 0) is 36.8 Å². The number of aromatic hydroxyl groups is 1. The van der Waals surface area contributed by atoms with Gasteiger partial charge >= 0.3 is 0 Å². The molecule has 9 heteroatoms. The van der Waals surface area contributed by atoms with Crippen molar-refractivity contribution in [2.45, 2.75) is 45.6 Å². The van der Waals surface area contributed by atoms with E-state index in [4.69, 9.17) is 4.74 Å². The van der Waals surface area contributed by atoms with Gasteiger partial charge in [-0.2, -0.15) is 5.10 Å². The molecule has 0 aliphatic rings. The molecule has 0 aliphatic carbocycles. The van der Waals surface area contributed by atoms with Crippen molar-refractivity contribution < 1.29 is 19.4 Å². The Labute approximate surface area is 201 Å². The van der Waals surface area contributed by atoms with E-state index in [9.17, 15) is 14.7 Å². The first-order valence-electron chi connectivity index (χ1n) is 11.2. The fourth-order valence-corrected chi connectivity index (χ4v) is 4.69. The van der Waals surface area contributed by atoms with Gasteiger partial charge in [0.1, 0.15) is 11.8 Å². The van der Waals surface area contributed by atoms with Crippen LogP contribution in [0, 0.1) is 0 Å². The summed E-state index contributed by atoms with van der Waals surface area (Å²) < 4.78 is 6.61. The Morgan fingerprint density at radius 1 is 1.09 bits per heavy atom. The van der Waals surface area contributed by atoms with Gasteiger partial charge in [0.2, 0.25) is 11.8 Å². The second-order valence-corrected chi connectivity index (χ2v) is 14.2. The molecule has 8 nitrogen and oxygen atoms in total. The molecule has 3 aromatic rings. The lowest BCUT2D eigenvalue weighted by atomic mass is 10.0. The third kappa shape index (κ3) is 6.05. The Hall–Kier alpha value is -3.59. The van der Waals surface area contributed by atoms with Crippen LogP contribution in [0.25, 0.3) is 0 Å². The summed E-state index contributed by atoms with van der Waals surface area (Å²) >= 11 is 0. The van der Waals surface area contributed by atoms with Crippen LogP contribution in [0.1, 0.15) is 24.1 Å². The van der Waals surface area contributed by atoms with E-state index >= 15 is 0 Å². The highest BCUT2D eigenvalue weighted by Crippen LogP contribution is 2.21. The zero-order valence-corrected chi connectivity index (χ0v) is 21.3. The van der Waals surface area contributed by atoms with E-state index in [0.717, 1.165) is 0 Å². The van der Waals surface area contributed by atoms with Gasteiger partial charge in [-0.15, -0.1) is 0 Å². The molecular weight excluding hydrogens is 448 g/mol. The van der Waals surface area contributed by atoms with Gasteiger partial charge in [-0.3, -0.25) is 9.59 Å². The average Bonchev–Trinajstić information content (AvgIpc) is 3.16. The number of carbonyl (C=O) groups excluding carboxylic acids is 2. The quantitative estimate of drug-likeness (QED) is 0.408. The summed E-state index contributed by atoms with van der Waals surface area (Å²) in [6.07, 6.45) is 1.36. The molecule has 1 atom stereocenters. The number of anilines is 1. The summed E-state index contributed by atoms with van der Waals surface area (Å²) in [4.78, 5) is 26.1. The number of nitrogens with zero attached hydrogens (tertiary/aromatic N) is 2. The van der Waals surface area contributed by atoms with Crippen LogP contribution in [0.2, 0.25) is 19.6 Å². The third-order valence-electron chi connectivity index (χ3n) is 5.57. The van der Waals surface area contributed by atoms with Crippen molar-refractivity contribution in [3.8, 4) is 11.6 Å². The molecule has 0 fully saturated rings. The normalized spacial score (nSPS) is 12.1. The highest BCUT2D eigenvalue weighted by Gasteiger charge is 2.25. The first kappa shape index (κ1) is 25.0. The molecule has 3 N–H and O–H groups in total. The van der Waals surface area contributed by atoms with Crippen molar-refractivity contribution in [2.75, 3.05) is 12.4 Å². The number of amides is 2. The van der Waals surface area contributed by atoms with Crippen LogP contribution < -0.4 is 20.6 Å². The zero-order chi connectivity index (χ0) is 24.9. The van der Waals surface area contributed by atoms with Crippen LogP contribution in [-0.4, -0.2) is 41.9 Å². The molecule has 1 unspecified atom stereocenters. The van der Waals surface area contributed by atoms with Gasteiger partial charge in [-0.1, -0.05) is 49.1 Å². The maximum atomic E-state index is 13.2. The number of nitrogens with one attached hydrogen (secondary N) is 2. The van der Waals surface area contributed by atoms with Crippen molar-refractivity contribution in [2.24, 2.45) is 0 Å². The predicted octanol–water partition coefficient (Wildman–Crippen LogP) is 3.20. The molecule has 0 saturated carbocycles. The predicted molar refractivity (Wildman–Crippen MR) is 135 cm³/mol. The van der Waals surface area contributed by atoms with E-state index in [-0.39, 0.29) is 18.2 Å². The number of benzene rings is 2. The maximum absolute atomic E-state index is 13.2. The fraction of sp³-hybridized carbons (Fsp3) is 0.320. The minimum atomic E-state index is -1.45.